The fourth-order valence-corrected chi connectivity index (χ4v) is 5.60. The molecule has 0 saturated carbocycles. The van der Waals surface area contributed by atoms with E-state index in [2.05, 4.69) is 29.3 Å². The number of nitrogens with zero attached hydrogens (tertiary/aromatic N) is 2. The molecule has 2 aromatic carbocycles. The lowest BCUT2D eigenvalue weighted by Gasteiger charge is -2.31. The van der Waals surface area contributed by atoms with E-state index in [-0.39, 0.29) is 17.8 Å². The summed E-state index contributed by atoms with van der Waals surface area (Å²) in [7, 11) is 3.40. The van der Waals surface area contributed by atoms with Crippen LogP contribution < -0.4 is 0 Å². The van der Waals surface area contributed by atoms with E-state index in [1.54, 1.807) is 11.0 Å². The van der Waals surface area contributed by atoms with Crippen molar-refractivity contribution in [2.75, 3.05) is 20.2 Å². The van der Waals surface area contributed by atoms with Crippen LogP contribution in [0.4, 0.5) is 0 Å². The van der Waals surface area contributed by atoms with E-state index in [0.717, 1.165) is 20.7 Å². The van der Waals surface area contributed by atoms with Gasteiger partial charge in [0.2, 0.25) is 0 Å². The molecule has 1 aromatic heterocycles. The molecule has 8 heteroatoms. The van der Waals surface area contributed by atoms with Crippen molar-refractivity contribution in [3.05, 3.63) is 64.8 Å². The van der Waals surface area contributed by atoms with Crippen molar-refractivity contribution < 1.29 is 14.3 Å². The monoisotopic (exact) mass is 502 g/mol. The maximum absolute atomic E-state index is 13.0. The SMILES string of the molecule is C=C(C(=O)N1CCC(C(=O)OC)CC1)c1ccc(Sc2ccc3c(ccn3C)c2)c(Cl)c1Cl. The van der Waals surface area contributed by atoms with Crippen LogP contribution in [0.3, 0.4) is 0 Å². The maximum Gasteiger partial charge on any atom is 0.308 e. The summed E-state index contributed by atoms with van der Waals surface area (Å²) < 4.78 is 6.88. The highest BCUT2D eigenvalue weighted by Gasteiger charge is 2.29. The molecule has 1 aliphatic heterocycles. The van der Waals surface area contributed by atoms with Crippen molar-refractivity contribution >= 4 is 63.3 Å². The lowest BCUT2D eigenvalue weighted by Crippen LogP contribution is -2.40. The van der Waals surface area contributed by atoms with Crippen LogP contribution in [-0.2, 0) is 21.4 Å². The Morgan fingerprint density at radius 3 is 2.52 bits per heavy atom. The normalized spacial score (nSPS) is 14.5. The van der Waals surface area contributed by atoms with Crippen LogP contribution in [-0.4, -0.2) is 41.5 Å². The van der Waals surface area contributed by atoms with Gasteiger partial charge in [-0.2, -0.15) is 0 Å². The van der Waals surface area contributed by atoms with Gasteiger partial charge in [0.15, 0.2) is 0 Å². The maximum atomic E-state index is 13.0. The van der Waals surface area contributed by atoms with E-state index in [4.69, 9.17) is 27.9 Å². The van der Waals surface area contributed by atoms with Crippen LogP contribution in [0.1, 0.15) is 18.4 Å². The lowest BCUT2D eigenvalue weighted by molar-refractivity contribution is -0.148. The van der Waals surface area contributed by atoms with Gasteiger partial charge in [-0.25, -0.2) is 0 Å². The first kappa shape index (κ1) is 23.7. The van der Waals surface area contributed by atoms with E-state index in [9.17, 15) is 9.59 Å². The summed E-state index contributed by atoms with van der Waals surface area (Å²) in [5.41, 5.74) is 1.97. The minimum Gasteiger partial charge on any atom is -0.469 e. The second kappa shape index (κ2) is 9.84. The van der Waals surface area contributed by atoms with Crippen LogP contribution >= 0.6 is 35.0 Å². The van der Waals surface area contributed by atoms with Crippen molar-refractivity contribution in [2.24, 2.45) is 13.0 Å². The highest BCUT2D eigenvalue weighted by Crippen LogP contribution is 2.41. The molecule has 3 aromatic rings. The number of aryl methyl sites for hydroxylation is 1. The van der Waals surface area contributed by atoms with Gasteiger partial charge >= 0.3 is 5.97 Å². The molecule has 0 unspecified atom stereocenters. The molecule has 0 N–H and O–H groups in total. The molecule has 1 amide bonds. The Balaban J connectivity index is 1.48. The summed E-state index contributed by atoms with van der Waals surface area (Å²) in [5, 5.41) is 1.85. The zero-order chi connectivity index (χ0) is 23.7. The van der Waals surface area contributed by atoms with Crippen molar-refractivity contribution in [1.82, 2.24) is 9.47 Å². The third kappa shape index (κ3) is 4.79. The average molecular weight is 503 g/mol. The fourth-order valence-electron chi connectivity index (χ4n) is 4.08. The molecular formula is C25H24Cl2N2O3S. The third-order valence-corrected chi connectivity index (χ3v) is 8.08. The number of hydrogen-bond donors (Lipinski definition) is 0. The number of ether oxygens (including phenoxy) is 1. The molecule has 172 valence electrons. The predicted octanol–water partition coefficient (Wildman–Crippen LogP) is 6.06. The van der Waals surface area contributed by atoms with E-state index in [1.807, 2.05) is 25.4 Å². The first-order valence-corrected chi connectivity index (χ1v) is 12.1. The van der Waals surface area contributed by atoms with Gasteiger partial charge in [0, 0.05) is 58.2 Å². The molecule has 33 heavy (non-hydrogen) atoms. The number of carbonyl (C=O) groups is 2. The first-order chi connectivity index (χ1) is 15.8. The zero-order valence-corrected chi connectivity index (χ0v) is 20.8. The Morgan fingerprint density at radius 2 is 1.82 bits per heavy atom. The summed E-state index contributed by atoms with van der Waals surface area (Å²) >= 11 is 14.7. The minimum absolute atomic E-state index is 0.170. The summed E-state index contributed by atoms with van der Waals surface area (Å²) in [6, 6.07) is 12.0. The molecule has 0 spiro atoms. The number of methoxy groups -OCH3 is 1. The highest BCUT2D eigenvalue weighted by molar-refractivity contribution is 7.99. The number of fused-ring (bicyclic) bond motifs is 1. The average Bonchev–Trinajstić information content (AvgIpc) is 3.20. The minimum atomic E-state index is -0.227. The number of piperidine rings is 1. The fraction of sp³-hybridized carbons (Fsp3) is 0.280. The van der Waals surface area contributed by atoms with Gasteiger partial charge in [0.1, 0.15) is 0 Å². The molecule has 0 aliphatic carbocycles. The van der Waals surface area contributed by atoms with Crippen molar-refractivity contribution in [1.29, 1.82) is 0 Å². The summed E-state index contributed by atoms with van der Waals surface area (Å²) in [5.74, 6) is -0.599. The number of rotatable bonds is 5. The summed E-state index contributed by atoms with van der Waals surface area (Å²) in [6.07, 6.45) is 3.17. The van der Waals surface area contributed by atoms with E-state index < -0.39 is 0 Å². The number of likely N-dealkylation sites (tertiary alicyclic amines) is 1. The largest absolute Gasteiger partial charge is 0.469 e. The summed E-state index contributed by atoms with van der Waals surface area (Å²) in [6.45, 7) is 4.93. The van der Waals surface area contributed by atoms with Gasteiger partial charge in [-0.1, -0.05) is 47.6 Å². The third-order valence-electron chi connectivity index (χ3n) is 6.03. The Bertz CT molecular complexity index is 1250. The second-order valence-electron chi connectivity index (χ2n) is 8.06. The molecule has 5 nitrogen and oxygen atoms in total. The van der Waals surface area contributed by atoms with Crippen molar-refractivity contribution in [2.45, 2.75) is 22.6 Å². The van der Waals surface area contributed by atoms with Crippen molar-refractivity contribution in [3.8, 4) is 0 Å². The van der Waals surface area contributed by atoms with Gasteiger partial charge in [0.25, 0.3) is 5.91 Å². The van der Waals surface area contributed by atoms with Crippen LogP contribution in [0.15, 0.2) is 59.0 Å². The molecule has 1 saturated heterocycles. The smallest absolute Gasteiger partial charge is 0.308 e. The number of aromatic nitrogens is 1. The first-order valence-electron chi connectivity index (χ1n) is 10.6. The molecule has 1 fully saturated rings. The molecule has 0 bridgehead atoms. The van der Waals surface area contributed by atoms with Gasteiger partial charge in [-0.15, -0.1) is 0 Å². The van der Waals surface area contributed by atoms with Gasteiger partial charge in [-0.05, 0) is 43.2 Å². The summed E-state index contributed by atoms with van der Waals surface area (Å²) in [4.78, 5) is 28.3. The van der Waals surface area contributed by atoms with Crippen LogP contribution in [0.5, 0.6) is 0 Å². The number of amides is 1. The number of esters is 1. The molecular weight excluding hydrogens is 479 g/mol. The number of hydrogen-bond acceptors (Lipinski definition) is 4. The quantitative estimate of drug-likeness (QED) is 0.314. The van der Waals surface area contributed by atoms with E-state index >= 15 is 0 Å². The van der Waals surface area contributed by atoms with Gasteiger partial charge in [0.05, 0.1) is 23.1 Å². The molecule has 4 rings (SSSR count). The molecule has 2 heterocycles. The number of benzene rings is 2. The van der Waals surface area contributed by atoms with Crippen molar-refractivity contribution in [3.63, 3.8) is 0 Å². The standard InChI is InChI=1S/C25H24Cl2N2O3S/c1-15(24(30)29-12-9-16(10-13-29)25(31)32-3)19-5-7-21(23(27)22(19)26)33-18-4-6-20-17(14-18)8-11-28(20)2/h4-8,11,14,16H,1,9-10,12-13H2,2-3H3. The Kier molecular flexibility index (Phi) is 7.07. The number of halogens is 2. The van der Waals surface area contributed by atoms with E-state index in [1.165, 1.54) is 18.9 Å². The van der Waals surface area contributed by atoms with Crippen LogP contribution in [0.2, 0.25) is 10.0 Å². The molecule has 1 aliphatic rings. The van der Waals surface area contributed by atoms with Gasteiger partial charge in [-0.3, -0.25) is 9.59 Å². The molecule has 0 radical (unpaired) electrons. The molecule has 0 atom stereocenters. The van der Waals surface area contributed by atoms with Crippen LogP contribution in [0.25, 0.3) is 16.5 Å². The highest BCUT2D eigenvalue weighted by atomic mass is 35.5. The van der Waals surface area contributed by atoms with E-state index in [0.29, 0.717) is 47.1 Å². The van der Waals surface area contributed by atoms with Crippen LogP contribution in [0, 0.1) is 5.92 Å². The Morgan fingerprint density at radius 1 is 1.09 bits per heavy atom. The zero-order valence-electron chi connectivity index (χ0n) is 18.4. The predicted molar refractivity (Wildman–Crippen MR) is 134 cm³/mol. The Labute approximate surface area is 207 Å². The van der Waals surface area contributed by atoms with Gasteiger partial charge < -0.3 is 14.2 Å². The number of carbonyl (C=O) groups excluding carboxylic acids is 2. The Hall–Kier alpha value is -2.41. The second-order valence-corrected chi connectivity index (χ2v) is 9.93. The lowest BCUT2D eigenvalue weighted by atomic mass is 9.96. The topological polar surface area (TPSA) is 51.5 Å².